The minimum Gasteiger partial charge on any atom is -0.495 e. The van der Waals surface area contributed by atoms with E-state index >= 15 is 0 Å². The van der Waals surface area contributed by atoms with Crippen LogP contribution in [0, 0.1) is 6.92 Å². The number of aliphatic hydroxyl groups excluding tert-OH is 1. The first-order valence-electron chi connectivity index (χ1n) is 5.84. The maximum atomic E-state index is 9.28. The second-order valence-electron chi connectivity index (χ2n) is 4.29. The van der Waals surface area contributed by atoms with E-state index in [1.165, 1.54) is 7.11 Å². The summed E-state index contributed by atoms with van der Waals surface area (Å²) in [4.78, 5) is 0. The zero-order valence-electron chi connectivity index (χ0n) is 10.7. The number of benzene rings is 2. The summed E-state index contributed by atoms with van der Waals surface area (Å²) < 4.78 is 5.18. The third-order valence-corrected chi connectivity index (χ3v) is 3.31. The van der Waals surface area contributed by atoms with Crippen molar-refractivity contribution in [1.82, 2.24) is 0 Å². The molecule has 3 nitrogen and oxygen atoms in total. The van der Waals surface area contributed by atoms with E-state index in [1.54, 1.807) is 12.1 Å². The Morgan fingerprint density at radius 1 is 1.16 bits per heavy atom. The van der Waals surface area contributed by atoms with E-state index in [4.69, 9.17) is 16.3 Å². The lowest BCUT2D eigenvalue weighted by Crippen LogP contribution is -2.00. The lowest BCUT2D eigenvalue weighted by Gasteiger charge is -2.15. The molecule has 0 saturated carbocycles. The molecule has 0 aliphatic heterocycles. The predicted molar refractivity (Wildman–Crippen MR) is 75.4 cm³/mol. The van der Waals surface area contributed by atoms with Crippen LogP contribution in [0.15, 0.2) is 36.4 Å². The quantitative estimate of drug-likeness (QED) is 0.847. The second-order valence-corrected chi connectivity index (χ2v) is 4.67. The van der Waals surface area contributed by atoms with Gasteiger partial charge in [-0.3, -0.25) is 0 Å². The monoisotopic (exact) mass is 278 g/mol. The molecule has 0 saturated heterocycles. The molecule has 2 rings (SSSR count). The van der Waals surface area contributed by atoms with Gasteiger partial charge in [-0.1, -0.05) is 47.5 Å². The first-order valence-corrected chi connectivity index (χ1v) is 6.22. The molecule has 0 spiro atoms. The highest BCUT2D eigenvalue weighted by Gasteiger charge is 2.17. The zero-order chi connectivity index (χ0) is 14.0. The Morgan fingerprint density at radius 3 is 2.47 bits per heavy atom. The predicted octanol–water partition coefficient (Wildman–Crippen LogP) is 3.31. The smallest absolute Gasteiger partial charge is 0.182 e. The summed E-state index contributed by atoms with van der Waals surface area (Å²) in [5.74, 6) is 0.288. The third-order valence-electron chi connectivity index (χ3n) is 2.94. The average Bonchev–Trinajstić information content (AvgIpc) is 2.38. The van der Waals surface area contributed by atoms with Gasteiger partial charge in [0.25, 0.3) is 0 Å². The summed E-state index contributed by atoms with van der Waals surface area (Å²) in [6, 6.07) is 11.3. The van der Waals surface area contributed by atoms with Crippen LogP contribution in [0.1, 0.15) is 17.4 Å². The van der Waals surface area contributed by atoms with Crippen molar-refractivity contribution in [3.8, 4) is 16.9 Å². The highest BCUT2D eigenvalue weighted by molar-refractivity contribution is 6.35. The van der Waals surface area contributed by atoms with Crippen molar-refractivity contribution in [2.24, 2.45) is 0 Å². The van der Waals surface area contributed by atoms with Crippen LogP contribution in [-0.4, -0.2) is 17.3 Å². The number of hydrogen-bond donors (Lipinski definition) is 2. The Morgan fingerprint density at radius 2 is 1.89 bits per heavy atom. The molecule has 2 N–H and O–H groups in total. The van der Waals surface area contributed by atoms with E-state index in [0.29, 0.717) is 5.02 Å². The summed E-state index contributed by atoms with van der Waals surface area (Å²) >= 11 is 6.30. The Labute approximate surface area is 117 Å². The molecule has 0 amide bonds. The average molecular weight is 279 g/mol. The molecule has 0 atom stereocenters. The van der Waals surface area contributed by atoms with Crippen molar-refractivity contribution >= 4 is 11.6 Å². The number of hydrogen-bond acceptors (Lipinski definition) is 3. The van der Waals surface area contributed by atoms with Crippen LogP contribution >= 0.6 is 11.6 Å². The molecule has 0 radical (unpaired) electrons. The second kappa shape index (κ2) is 5.61. The highest BCUT2D eigenvalue weighted by Crippen LogP contribution is 2.39. The van der Waals surface area contributed by atoms with E-state index in [9.17, 15) is 10.2 Å². The molecule has 0 bridgehead atoms. The van der Waals surface area contributed by atoms with Gasteiger partial charge in [0.1, 0.15) is 5.75 Å². The Bertz CT molecular complexity index is 594. The van der Waals surface area contributed by atoms with Gasteiger partial charge >= 0.3 is 0 Å². The van der Waals surface area contributed by atoms with E-state index in [0.717, 1.165) is 16.7 Å². The van der Waals surface area contributed by atoms with Crippen LogP contribution in [0.2, 0.25) is 5.02 Å². The van der Waals surface area contributed by atoms with E-state index in [-0.39, 0.29) is 11.3 Å². The number of ether oxygens (including phenoxy) is 1. The van der Waals surface area contributed by atoms with E-state index in [2.05, 4.69) is 0 Å². The summed E-state index contributed by atoms with van der Waals surface area (Å²) in [5.41, 5.74) is 3.14. The summed E-state index contributed by atoms with van der Waals surface area (Å²) in [7, 11) is 1.45. The first-order chi connectivity index (χ1) is 9.04. The van der Waals surface area contributed by atoms with Gasteiger partial charge in [0.05, 0.1) is 17.7 Å². The Balaban J connectivity index is 2.60. The third kappa shape index (κ3) is 2.73. The SMILES string of the molecule is COc1c(C(O)O)ccc(-c2cccc(C)c2)c1Cl. The Hall–Kier alpha value is -1.55. The molecule has 4 heteroatoms. The van der Waals surface area contributed by atoms with E-state index in [1.807, 2.05) is 31.2 Å². The number of halogens is 1. The molecule has 0 fully saturated rings. The summed E-state index contributed by atoms with van der Waals surface area (Å²) in [6.45, 7) is 2.00. The first kappa shape index (κ1) is 13.9. The van der Waals surface area contributed by atoms with Crippen LogP contribution in [0.4, 0.5) is 0 Å². The maximum Gasteiger partial charge on any atom is 0.182 e. The maximum absolute atomic E-state index is 9.28. The number of rotatable bonds is 3. The lowest BCUT2D eigenvalue weighted by molar-refractivity contribution is -0.0438. The van der Waals surface area contributed by atoms with Crippen molar-refractivity contribution in [2.75, 3.05) is 7.11 Å². The van der Waals surface area contributed by atoms with Crippen molar-refractivity contribution in [1.29, 1.82) is 0 Å². The standard InChI is InChI=1S/C15H15ClO3/c1-9-4-3-5-10(8-9)11-6-7-12(15(17)18)14(19-2)13(11)16/h3-8,15,17-18H,1-2H3. The van der Waals surface area contributed by atoms with Gasteiger partial charge in [-0.25, -0.2) is 0 Å². The van der Waals surface area contributed by atoms with Gasteiger partial charge in [-0.2, -0.15) is 0 Å². The lowest BCUT2D eigenvalue weighted by atomic mass is 10.0. The zero-order valence-corrected chi connectivity index (χ0v) is 11.5. The summed E-state index contributed by atoms with van der Waals surface area (Å²) in [5, 5.41) is 18.9. The van der Waals surface area contributed by atoms with Crippen LogP contribution in [0.5, 0.6) is 5.75 Å². The number of aliphatic hydroxyl groups is 2. The van der Waals surface area contributed by atoms with Gasteiger partial charge < -0.3 is 14.9 Å². The Kier molecular flexibility index (Phi) is 4.10. The van der Waals surface area contributed by atoms with Gasteiger partial charge in [0, 0.05) is 5.56 Å². The van der Waals surface area contributed by atoms with Crippen molar-refractivity contribution in [3.63, 3.8) is 0 Å². The molecular formula is C15H15ClO3. The summed E-state index contributed by atoms with van der Waals surface area (Å²) in [6.07, 6.45) is -1.61. The van der Waals surface area contributed by atoms with Gasteiger partial charge in [0.2, 0.25) is 0 Å². The van der Waals surface area contributed by atoms with Crippen LogP contribution in [0.3, 0.4) is 0 Å². The topological polar surface area (TPSA) is 49.7 Å². The molecule has 100 valence electrons. The molecule has 2 aromatic carbocycles. The molecule has 0 aliphatic rings. The van der Waals surface area contributed by atoms with Crippen molar-refractivity contribution in [2.45, 2.75) is 13.2 Å². The molecule has 19 heavy (non-hydrogen) atoms. The highest BCUT2D eigenvalue weighted by atomic mass is 35.5. The van der Waals surface area contributed by atoms with E-state index < -0.39 is 6.29 Å². The molecule has 0 aromatic heterocycles. The molecule has 0 heterocycles. The molecule has 2 aromatic rings. The largest absolute Gasteiger partial charge is 0.495 e. The fourth-order valence-corrected chi connectivity index (χ4v) is 2.38. The normalized spacial score (nSPS) is 10.8. The fraction of sp³-hybridized carbons (Fsp3) is 0.200. The van der Waals surface area contributed by atoms with Gasteiger partial charge in [0.15, 0.2) is 6.29 Å². The van der Waals surface area contributed by atoms with Gasteiger partial charge in [-0.15, -0.1) is 0 Å². The van der Waals surface area contributed by atoms with Crippen LogP contribution in [0.25, 0.3) is 11.1 Å². The minimum absolute atomic E-state index is 0.254. The van der Waals surface area contributed by atoms with Gasteiger partial charge in [-0.05, 0) is 18.6 Å². The fourth-order valence-electron chi connectivity index (χ4n) is 2.02. The molecular weight excluding hydrogens is 264 g/mol. The minimum atomic E-state index is -1.61. The van der Waals surface area contributed by atoms with Crippen LogP contribution in [-0.2, 0) is 0 Å². The number of aryl methyl sites for hydroxylation is 1. The molecule has 0 unspecified atom stereocenters. The van der Waals surface area contributed by atoms with Crippen LogP contribution < -0.4 is 4.74 Å². The number of methoxy groups -OCH3 is 1. The van der Waals surface area contributed by atoms with Crippen molar-refractivity contribution < 1.29 is 14.9 Å². The van der Waals surface area contributed by atoms with Crippen molar-refractivity contribution in [3.05, 3.63) is 52.5 Å². The molecule has 0 aliphatic carbocycles.